The summed E-state index contributed by atoms with van der Waals surface area (Å²) in [6.07, 6.45) is 0.279. The first-order valence-electron chi connectivity index (χ1n) is 11.0. The SMILES string of the molecule is CN(C)S(=O)(=O)c1ccc(OCCOC(=O)C(Cc2ccccc2)NC(=O)c2ccccc2)cc1. The van der Waals surface area contributed by atoms with Gasteiger partial charge in [0.05, 0.1) is 4.90 Å². The van der Waals surface area contributed by atoms with Crippen molar-refractivity contribution in [2.75, 3.05) is 27.3 Å². The number of benzene rings is 3. The number of nitrogens with zero attached hydrogens (tertiary/aromatic N) is 1. The minimum atomic E-state index is -3.52. The summed E-state index contributed by atoms with van der Waals surface area (Å²) in [5, 5.41) is 2.75. The largest absolute Gasteiger partial charge is 0.490 e. The number of carbonyl (C=O) groups is 2. The minimum absolute atomic E-state index is 0.0386. The van der Waals surface area contributed by atoms with Crippen LogP contribution < -0.4 is 10.1 Å². The normalized spacial score (nSPS) is 12.1. The molecule has 3 aromatic rings. The molecule has 184 valence electrons. The summed E-state index contributed by atoms with van der Waals surface area (Å²) in [6.45, 7) is 0.0271. The topological polar surface area (TPSA) is 102 Å². The van der Waals surface area contributed by atoms with Crippen molar-refractivity contribution >= 4 is 21.9 Å². The zero-order valence-electron chi connectivity index (χ0n) is 19.6. The summed E-state index contributed by atoms with van der Waals surface area (Å²) in [5.74, 6) is -0.501. The van der Waals surface area contributed by atoms with Crippen LogP contribution in [0.2, 0.25) is 0 Å². The highest BCUT2D eigenvalue weighted by molar-refractivity contribution is 7.89. The van der Waals surface area contributed by atoms with Crippen molar-refractivity contribution in [2.45, 2.75) is 17.4 Å². The number of ether oxygens (including phenoxy) is 2. The average Bonchev–Trinajstić information content (AvgIpc) is 2.87. The van der Waals surface area contributed by atoms with Gasteiger partial charge in [0.25, 0.3) is 5.91 Å². The molecule has 0 heterocycles. The third-order valence-corrected chi connectivity index (χ3v) is 6.94. The van der Waals surface area contributed by atoms with Crippen LogP contribution in [0.4, 0.5) is 0 Å². The number of rotatable bonds is 11. The second-order valence-electron chi connectivity index (χ2n) is 7.86. The summed E-state index contributed by atoms with van der Waals surface area (Å²) >= 11 is 0. The molecule has 1 N–H and O–H groups in total. The van der Waals surface area contributed by atoms with Crippen molar-refractivity contribution < 1.29 is 27.5 Å². The summed E-state index contributed by atoms with van der Waals surface area (Å²) in [6, 6.07) is 23.1. The summed E-state index contributed by atoms with van der Waals surface area (Å²) in [4.78, 5) is 25.5. The Kier molecular flexibility index (Phi) is 8.99. The lowest BCUT2D eigenvalue weighted by molar-refractivity contribution is -0.146. The van der Waals surface area contributed by atoms with Crippen molar-refractivity contribution in [3.63, 3.8) is 0 Å². The van der Waals surface area contributed by atoms with Gasteiger partial charge in [-0.2, -0.15) is 0 Å². The molecule has 0 aromatic heterocycles. The number of nitrogens with one attached hydrogen (secondary N) is 1. The van der Waals surface area contributed by atoms with Crippen molar-refractivity contribution in [3.8, 4) is 5.75 Å². The van der Waals surface area contributed by atoms with E-state index >= 15 is 0 Å². The van der Waals surface area contributed by atoms with Crippen LogP contribution in [0.3, 0.4) is 0 Å². The second-order valence-corrected chi connectivity index (χ2v) is 10.0. The maximum Gasteiger partial charge on any atom is 0.329 e. The molecule has 0 bridgehead atoms. The Labute approximate surface area is 205 Å². The van der Waals surface area contributed by atoms with Gasteiger partial charge in [-0.25, -0.2) is 17.5 Å². The van der Waals surface area contributed by atoms with Crippen LogP contribution in [0.1, 0.15) is 15.9 Å². The molecule has 0 fully saturated rings. The lowest BCUT2D eigenvalue weighted by atomic mass is 10.1. The third kappa shape index (κ3) is 7.40. The second kappa shape index (κ2) is 12.1. The Morgan fingerprint density at radius 2 is 1.46 bits per heavy atom. The van der Waals surface area contributed by atoms with Crippen LogP contribution in [0.5, 0.6) is 5.75 Å². The molecule has 0 saturated heterocycles. The van der Waals surface area contributed by atoms with Crippen LogP contribution in [-0.2, 0) is 26.0 Å². The molecule has 1 amide bonds. The zero-order chi connectivity index (χ0) is 25.3. The smallest absolute Gasteiger partial charge is 0.329 e. The number of hydrogen-bond donors (Lipinski definition) is 1. The quantitative estimate of drug-likeness (QED) is 0.324. The van der Waals surface area contributed by atoms with Gasteiger partial charge in [0, 0.05) is 26.1 Å². The lowest BCUT2D eigenvalue weighted by Gasteiger charge is -2.18. The van der Waals surface area contributed by atoms with Gasteiger partial charge < -0.3 is 14.8 Å². The first-order valence-corrected chi connectivity index (χ1v) is 12.4. The fourth-order valence-electron chi connectivity index (χ4n) is 3.20. The molecular formula is C26H28N2O6S. The number of sulfonamides is 1. The van der Waals surface area contributed by atoms with Gasteiger partial charge in [-0.1, -0.05) is 48.5 Å². The van der Waals surface area contributed by atoms with E-state index in [1.165, 1.54) is 38.4 Å². The molecule has 0 radical (unpaired) electrons. The highest BCUT2D eigenvalue weighted by Gasteiger charge is 2.23. The van der Waals surface area contributed by atoms with Gasteiger partial charge in [-0.15, -0.1) is 0 Å². The zero-order valence-corrected chi connectivity index (χ0v) is 20.4. The third-order valence-electron chi connectivity index (χ3n) is 5.11. The maximum atomic E-state index is 12.8. The van der Waals surface area contributed by atoms with Gasteiger partial charge in [0.2, 0.25) is 10.0 Å². The Hall–Kier alpha value is -3.69. The maximum absolute atomic E-state index is 12.8. The molecule has 0 saturated carbocycles. The van der Waals surface area contributed by atoms with Crippen LogP contribution >= 0.6 is 0 Å². The average molecular weight is 497 g/mol. The van der Waals surface area contributed by atoms with Crippen molar-refractivity contribution in [3.05, 3.63) is 96.1 Å². The standard InChI is InChI=1S/C26H28N2O6S/c1-28(2)35(31,32)23-15-13-22(14-16-23)33-17-18-34-26(30)24(19-20-9-5-3-6-10-20)27-25(29)21-11-7-4-8-12-21/h3-16,24H,17-19H2,1-2H3,(H,27,29). The molecule has 1 unspecified atom stereocenters. The van der Waals surface area contributed by atoms with Crippen molar-refractivity contribution in [1.29, 1.82) is 0 Å². The van der Waals surface area contributed by atoms with Gasteiger partial charge in [-0.05, 0) is 42.0 Å². The van der Waals surface area contributed by atoms with E-state index in [4.69, 9.17) is 9.47 Å². The molecule has 35 heavy (non-hydrogen) atoms. The van der Waals surface area contributed by atoms with Crippen LogP contribution in [0.15, 0.2) is 89.8 Å². The molecule has 0 spiro atoms. The fourth-order valence-corrected chi connectivity index (χ4v) is 4.10. The van der Waals surface area contributed by atoms with E-state index in [-0.39, 0.29) is 30.4 Å². The predicted octanol–water partition coefficient (Wildman–Crippen LogP) is 2.90. The van der Waals surface area contributed by atoms with E-state index < -0.39 is 22.0 Å². The Morgan fingerprint density at radius 3 is 2.06 bits per heavy atom. The predicted molar refractivity (Wildman–Crippen MR) is 132 cm³/mol. The lowest BCUT2D eigenvalue weighted by Crippen LogP contribution is -2.43. The monoisotopic (exact) mass is 496 g/mol. The van der Waals surface area contributed by atoms with Crippen molar-refractivity contribution in [2.24, 2.45) is 0 Å². The van der Waals surface area contributed by atoms with E-state index in [0.29, 0.717) is 11.3 Å². The molecule has 0 aliphatic carbocycles. The molecule has 0 aliphatic heterocycles. The molecule has 3 aromatic carbocycles. The molecule has 3 rings (SSSR count). The van der Waals surface area contributed by atoms with Crippen LogP contribution in [0.25, 0.3) is 0 Å². The summed E-state index contributed by atoms with van der Waals surface area (Å²) in [7, 11) is -0.602. The van der Waals surface area contributed by atoms with Crippen molar-refractivity contribution in [1.82, 2.24) is 9.62 Å². The minimum Gasteiger partial charge on any atom is -0.490 e. The molecule has 0 aliphatic rings. The number of hydrogen-bond acceptors (Lipinski definition) is 6. The fraction of sp³-hybridized carbons (Fsp3) is 0.231. The molecule has 8 nitrogen and oxygen atoms in total. The molecule has 1 atom stereocenters. The Morgan fingerprint density at radius 1 is 0.857 bits per heavy atom. The summed E-state index contributed by atoms with van der Waals surface area (Å²) < 4.78 is 36.3. The van der Waals surface area contributed by atoms with Gasteiger partial charge in [-0.3, -0.25) is 4.79 Å². The van der Waals surface area contributed by atoms with E-state index in [2.05, 4.69) is 5.32 Å². The number of amides is 1. The summed E-state index contributed by atoms with van der Waals surface area (Å²) in [5.41, 5.74) is 1.33. The first kappa shape index (κ1) is 25.9. The Bertz CT molecular complexity index is 1210. The Balaban J connectivity index is 1.56. The van der Waals surface area contributed by atoms with Gasteiger partial charge >= 0.3 is 5.97 Å². The molecular weight excluding hydrogens is 468 g/mol. The first-order chi connectivity index (χ1) is 16.8. The van der Waals surface area contributed by atoms with E-state index in [9.17, 15) is 18.0 Å². The number of esters is 1. The van der Waals surface area contributed by atoms with Crippen LogP contribution in [-0.4, -0.2) is 58.0 Å². The highest BCUT2D eigenvalue weighted by Crippen LogP contribution is 2.18. The van der Waals surface area contributed by atoms with Crippen LogP contribution in [0, 0.1) is 0 Å². The number of carbonyl (C=O) groups excluding carboxylic acids is 2. The molecule has 9 heteroatoms. The van der Waals surface area contributed by atoms with Gasteiger partial charge in [0.1, 0.15) is 25.0 Å². The van der Waals surface area contributed by atoms with Gasteiger partial charge in [0.15, 0.2) is 0 Å². The van der Waals surface area contributed by atoms with E-state index in [1.807, 2.05) is 30.3 Å². The van der Waals surface area contributed by atoms with E-state index in [1.54, 1.807) is 30.3 Å². The van der Waals surface area contributed by atoms with E-state index in [0.717, 1.165) is 9.87 Å². The highest BCUT2D eigenvalue weighted by atomic mass is 32.2.